The van der Waals surface area contributed by atoms with Crippen LogP contribution in [0.15, 0.2) is 42.5 Å². The van der Waals surface area contributed by atoms with Crippen molar-refractivity contribution in [1.29, 1.82) is 5.41 Å². The van der Waals surface area contributed by atoms with Crippen molar-refractivity contribution in [3.8, 4) is 11.1 Å². The monoisotopic (exact) mass is 392 g/mol. The van der Waals surface area contributed by atoms with Crippen molar-refractivity contribution >= 4 is 29.2 Å². The summed E-state index contributed by atoms with van der Waals surface area (Å²) in [7, 11) is 0. The summed E-state index contributed by atoms with van der Waals surface area (Å²) in [4.78, 5) is 49.1. The van der Waals surface area contributed by atoms with Gasteiger partial charge >= 0.3 is 5.97 Å². The maximum atomic E-state index is 12.9. The fourth-order valence-electron chi connectivity index (χ4n) is 3.51. The first kappa shape index (κ1) is 20.1. The van der Waals surface area contributed by atoms with E-state index in [2.05, 4.69) is 5.32 Å². The van der Waals surface area contributed by atoms with Crippen LogP contribution in [0, 0.1) is 11.3 Å². The highest BCUT2D eigenvalue weighted by Crippen LogP contribution is 2.38. The van der Waals surface area contributed by atoms with E-state index in [9.17, 15) is 19.2 Å². The third-order valence-corrected chi connectivity index (χ3v) is 5.06. The van der Waals surface area contributed by atoms with Crippen molar-refractivity contribution in [3.63, 3.8) is 0 Å². The zero-order valence-electron chi connectivity index (χ0n) is 16.0. The molecule has 7 nitrogen and oxygen atoms in total. The molecule has 2 aromatic carbocycles. The van der Waals surface area contributed by atoms with Crippen LogP contribution in [0.2, 0.25) is 0 Å². The van der Waals surface area contributed by atoms with Gasteiger partial charge in [-0.2, -0.15) is 0 Å². The Morgan fingerprint density at radius 2 is 1.66 bits per heavy atom. The lowest BCUT2D eigenvalue weighted by molar-refractivity contribution is -0.140. The molecule has 1 aliphatic carbocycles. The summed E-state index contributed by atoms with van der Waals surface area (Å²) < 4.78 is 0. The van der Waals surface area contributed by atoms with E-state index in [0.717, 1.165) is 0 Å². The Bertz CT molecular complexity index is 1060. The lowest BCUT2D eigenvalue weighted by Crippen LogP contribution is -2.44. The standard InChI is InChI=1S/C22H20N2O5/c1-3-12(22(28)29)18(23)19(25)11(2)24-21(27)16-10-6-9-15-17(16)13-7-4-5-8-14(13)20(15)26/h4-12,23H,3H2,1-2H3,(H,24,27)(H,28,29). The molecule has 0 saturated carbocycles. The molecule has 0 aromatic heterocycles. The summed E-state index contributed by atoms with van der Waals surface area (Å²) in [5.41, 5.74) is 1.80. The Balaban J connectivity index is 1.87. The summed E-state index contributed by atoms with van der Waals surface area (Å²) in [5, 5.41) is 19.6. The molecular weight excluding hydrogens is 372 g/mol. The molecule has 2 unspecified atom stereocenters. The predicted octanol–water partition coefficient (Wildman–Crippen LogP) is 2.72. The molecule has 2 atom stereocenters. The summed E-state index contributed by atoms with van der Waals surface area (Å²) >= 11 is 0. The maximum absolute atomic E-state index is 12.9. The number of fused-ring (bicyclic) bond motifs is 3. The Morgan fingerprint density at radius 1 is 1.03 bits per heavy atom. The minimum absolute atomic E-state index is 0.103. The molecule has 3 N–H and O–H groups in total. The molecule has 1 amide bonds. The molecule has 0 radical (unpaired) electrons. The number of ketones is 2. The van der Waals surface area contributed by atoms with E-state index in [1.165, 1.54) is 6.92 Å². The molecule has 0 saturated heterocycles. The number of benzene rings is 2. The van der Waals surface area contributed by atoms with Crippen LogP contribution in [0.1, 0.15) is 46.5 Å². The van der Waals surface area contributed by atoms with Gasteiger partial charge < -0.3 is 15.8 Å². The summed E-state index contributed by atoms with van der Waals surface area (Å²) in [6.45, 7) is 2.98. The Morgan fingerprint density at radius 3 is 2.28 bits per heavy atom. The molecule has 0 spiro atoms. The average molecular weight is 392 g/mol. The normalized spacial score (nSPS) is 13.8. The molecule has 0 bridgehead atoms. The Hall–Kier alpha value is -3.61. The van der Waals surface area contributed by atoms with Gasteiger partial charge in [0.1, 0.15) is 5.92 Å². The van der Waals surface area contributed by atoms with E-state index < -0.39 is 35.3 Å². The summed E-state index contributed by atoms with van der Waals surface area (Å²) in [6.07, 6.45) is 0.103. The first-order valence-corrected chi connectivity index (χ1v) is 9.21. The van der Waals surface area contributed by atoms with Crippen molar-refractivity contribution in [2.24, 2.45) is 5.92 Å². The molecule has 0 fully saturated rings. The van der Waals surface area contributed by atoms with Crippen LogP contribution < -0.4 is 5.32 Å². The van der Waals surface area contributed by atoms with Crippen molar-refractivity contribution in [2.45, 2.75) is 26.3 Å². The third kappa shape index (κ3) is 3.47. The van der Waals surface area contributed by atoms with Crippen molar-refractivity contribution in [2.75, 3.05) is 0 Å². The summed E-state index contributed by atoms with van der Waals surface area (Å²) in [6, 6.07) is 10.7. The molecule has 0 aliphatic heterocycles. The number of carbonyl (C=O) groups is 4. The number of nitrogens with one attached hydrogen (secondary N) is 2. The smallest absolute Gasteiger partial charge is 0.312 e. The zero-order valence-corrected chi connectivity index (χ0v) is 16.0. The maximum Gasteiger partial charge on any atom is 0.312 e. The number of hydrogen-bond donors (Lipinski definition) is 3. The van der Waals surface area contributed by atoms with Gasteiger partial charge in [0.2, 0.25) is 0 Å². The minimum Gasteiger partial charge on any atom is -0.481 e. The second-order valence-electron chi connectivity index (χ2n) is 6.87. The molecule has 2 aromatic rings. The fourth-order valence-corrected chi connectivity index (χ4v) is 3.51. The average Bonchev–Trinajstić information content (AvgIpc) is 3.00. The number of carboxylic acid groups (broad SMARTS) is 1. The highest BCUT2D eigenvalue weighted by Gasteiger charge is 2.33. The molecule has 148 valence electrons. The van der Waals surface area contributed by atoms with E-state index in [0.29, 0.717) is 22.3 Å². The number of Topliss-reactive ketones (excluding diaryl/α,β-unsaturated/α-hetero) is 1. The van der Waals surface area contributed by atoms with E-state index in [4.69, 9.17) is 10.5 Å². The summed E-state index contributed by atoms with van der Waals surface area (Å²) in [5.74, 6) is -3.95. The van der Waals surface area contributed by atoms with Gasteiger partial charge in [-0.3, -0.25) is 19.2 Å². The number of hydrogen-bond acceptors (Lipinski definition) is 5. The number of carbonyl (C=O) groups excluding carboxylic acids is 3. The van der Waals surface area contributed by atoms with Gasteiger partial charge in [0.05, 0.1) is 11.8 Å². The predicted molar refractivity (Wildman–Crippen MR) is 106 cm³/mol. The number of carboxylic acids is 1. The van der Waals surface area contributed by atoms with E-state index in [1.54, 1.807) is 49.4 Å². The lowest BCUT2D eigenvalue weighted by atomic mass is 9.94. The first-order valence-electron chi connectivity index (χ1n) is 9.21. The number of rotatable bonds is 7. The van der Waals surface area contributed by atoms with Gasteiger partial charge in [0.15, 0.2) is 11.6 Å². The molecular formula is C22H20N2O5. The van der Waals surface area contributed by atoms with Crippen molar-refractivity contribution < 1.29 is 24.3 Å². The van der Waals surface area contributed by atoms with E-state index >= 15 is 0 Å². The van der Waals surface area contributed by atoms with Gasteiger partial charge in [-0.25, -0.2) is 0 Å². The fraction of sp³-hybridized carbons (Fsp3) is 0.227. The highest BCUT2D eigenvalue weighted by molar-refractivity contribution is 6.44. The van der Waals surface area contributed by atoms with Crippen LogP contribution in [0.25, 0.3) is 11.1 Å². The Labute approximate surface area is 167 Å². The van der Waals surface area contributed by atoms with Crippen LogP contribution >= 0.6 is 0 Å². The van der Waals surface area contributed by atoms with Gasteiger partial charge in [0, 0.05) is 22.3 Å². The molecule has 3 rings (SSSR count). The van der Waals surface area contributed by atoms with Gasteiger partial charge in [-0.05, 0) is 25.0 Å². The second-order valence-corrected chi connectivity index (χ2v) is 6.87. The van der Waals surface area contributed by atoms with Crippen molar-refractivity contribution in [3.05, 3.63) is 59.2 Å². The number of amides is 1. The SMILES string of the molecule is CCC(C(=N)C(=O)C(C)NC(=O)c1cccc2c1-c1ccccc1C2=O)C(=O)O. The molecule has 1 aliphatic rings. The first-order chi connectivity index (χ1) is 13.8. The third-order valence-electron chi connectivity index (χ3n) is 5.06. The molecule has 0 heterocycles. The van der Waals surface area contributed by atoms with Crippen molar-refractivity contribution in [1.82, 2.24) is 5.32 Å². The van der Waals surface area contributed by atoms with Crippen LogP contribution in [-0.2, 0) is 9.59 Å². The quantitative estimate of drug-likeness (QED) is 0.533. The van der Waals surface area contributed by atoms with Crippen LogP contribution in [0.5, 0.6) is 0 Å². The second kappa shape index (κ2) is 7.79. The molecule has 7 heteroatoms. The van der Waals surface area contributed by atoms with Gasteiger partial charge in [-0.15, -0.1) is 0 Å². The van der Waals surface area contributed by atoms with E-state index in [-0.39, 0.29) is 17.8 Å². The zero-order chi connectivity index (χ0) is 21.3. The van der Waals surface area contributed by atoms with Gasteiger partial charge in [0.25, 0.3) is 5.91 Å². The highest BCUT2D eigenvalue weighted by atomic mass is 16.4. The lowest BCUT2D eigenvalue weighted by Gasteiger charge is -2.17. The number of aliphatic carboxylic acids is 1. The van der Waals surface area contributed by atoms with E-state index in [1.807, 2.05) is 0 Å². The van der Waals surface area contributed by atoms with Crippen LogP contribution in [0.3, 0.4) is 0 Å². The Kier molecular flexibility index (Phi) is 5.41. The molecule has 29 heavy (non-hydrogen) atoms. The largest absolute Gasteiger partial charge is 0.481 e. The van der Waals surface area contributed by atoms with Crippen LogP contribution in [-0.4, -0.2) is 40.3 Å². The van der Waals surface area contributed by atoms with Gasteiger partial charge in [-0.1, -0.05) is 43.3 Å². The minimum atomic E-state index is -1.25. The van der Waals surface area contributed by atoms with Crippen LogP contribution in [0.4, 0.5) is 0 Å². The topological polar surface area (TPSA) is 124 Å².